The fraction of sp³-hybridized carbons (Fsp3) is 0.542. The molecule has 1 aromatic carbocycles. The summed E-state index contributed by atoms with van der Waals surface area (Å²) in [5, 5.41) is 31.1. The lowest BCUT2D eigenvalue weighted by Gasteiger charge is -2.33. The number of nitrogens with zero attached hydrogens (tertiary/aromatic N) is 3. The van der Waals surface area contributed by atoms with Crippen LogP contribution in [0.15, 0.2) is 42.0 Å². The van der Waals surface area contributed by atoms with E-state index in [1.165, 1.54) is 11.0 Å². The Morgan fingerprint density at radius 1 is 1.32 bits per heavy atom. The minimum absolute atomic E-state index is 0.0804. The maximum Gasteiger partial charge on any atom is 0.475 e. The first kappa shape index (κ1) is 28.5. The molecule has 2 saturated heterocycles. The monoisotopic (exact) mass is 522 g/mol. The molecule has 9 nitrogen and oxygen atoms in total. The van der Waals surface area contributed by atoms with Crippen molar-refractivity contribution in [3.63, 3.8) is 0 Å². The van der Waals surface area contributed by atoms with Crippen molar-refractivity contribution in [3.8, 4) is 6.07 Å². The van der Waals surface area contributed by atoms with E-state index in [1.807, 2.05) is 0 Å². The molecular weight excluding hydrogens is 492 g/mol. The number of carbonyl (C=O) groups excluding carboxylic acids is 2. The molecule has 3 N–H and O–H groups in total. The number of likely N-dealkylation sites (tertiary alicyclic amines) is 2. The molecule has 2 heterocycles. The van der Waals surface area contributed by atoms with E-state index in [9.17, 15) is 38.1 Å². The largest absolute Gasteiger partial charge is 0.475 e. The number of nitriles is 1. The summed E-state index contributed by atoms with van der Waals surface area (Å²) in [6, 6.07) is 10.5. The van der Waals surface area contributed by atoms with Crippen LogP contribution in [0.1, 0.15) is 25.8 Å². The molecule has 0 aromatic heterocycles. The highest BCUT2D eigenvalue weighted by atomic mass is 19.3. The molecule has 37 heavy (non-hydrogen) atoms. The predicted octanol–water partition coefficient (Wildman–Crippen LogP) is 1.45. The van der Waals surface area contributed by atoms with Crippen molar-refractivity contribution < 1.29 is 37.5 Å². The fourth-order valence-corrected chi connectivity index (χ4v) is 4.42. The summed E-state index contributed by atoms with van der Waals surface area (Å²) in [5.74, 6) is -4.78. The first-order valence-electron chi connectivity index (χ1n) is 11.9. The number of halogens is 3. The van der Waals surface area contributed by atoms with E-state index < -0.39 is 61.9 Å². The molecule has 2 fully saturated rings. The van der Waals surface area contributed by atoms with Gasteiger partial charge in [0.15, 0.2) is 12.3 Å². The van der Waals surface area contributed by atoms with Gasteiger partial charge in [0.25, 0.3) is 11.8 Å². The van der Waals surface area contributed by atoms with Gasteiger partial charge in [-0.1, -0.05) is 30.3 Å². The Morgan fingerprint density at radius 3 is 2.57 bits per heavy atom. The minimum Gasteiger partial charge on any atom is -0.441 e. The number of amides is 2. The van der Waals surface area contributed by atoms with Crippen LogP contribution in [0.25, 0.3) is 0 Å². The van der Waals surface area contributed by atoms with Gasteiger partial charge in [-0.25, -0.2) is 18.0 Å². The van der Waals surface area contributed by atoms with E-state index in [0.29, 0.717) is 0 Å². The van der Waals surface area contributed by atoms with Crippen LogP contribution in [0.3, 0.4) is 0 Å². The molecular formula is C24H30BF3N4O5. The fourth-order valence-electron chi connectivity index (χ4n) is 4.42. The van der Waals surface area contributed by atoms with Crippen molar-refractivity contribution in [1.29, 1.82) is 5.26 Å². The number of hydrogen-bond donors (Lipinski definition) is 3. The smallest absolute Gasteiger partial charge is 0.441 e. The summed E-state index contributed by atoms with van der Waals surface area (Å²) in [6.45, 7) is 2.04. The Balaban J connectivity index is 1.61. The second-order valence-corrected chi connectivity index (χ2v) is 9.88. The first-order chi connectivity index (χ1) is 17.3. The van der Waals surface area contributed by atoms with Gasteiger partial charge in [0.1, 0.15) is 11.6 Å². The van der Waals surface area contributed by atoms with Gasteiger partial charge in [0, 0.05) is 18.5 Å². The number of alkyl carbamates (subject to hydrolysis) is 1. The van der Waals surface area contributed by atoms with Crippen LogP contribution in [0, 0.1) is 11.3 Å². The van der Waals surface area contributed by atoms with E-state index in [0.717, 1.165) is 10.5 Å². The number of hydrogen-bond acceptors (Lipinski definition) is 7. The van der Waals surface area contributed by atoms with Crippen molar-refractivity contribution in [2.75, 3.05) is 26.2 Å². The molecule has 0 aliphatic carbocycles. The quantitative estimate of drug-likeness (QED) is 0.268. The minimum atomic E-state index is -2.85. The summed E-state index contributed by atoms with van der Waals surface area (Å²) < 4.78 is 47.1. The molecule has 0 saturated carbocycles. The lowest BCUT2D eigenvalue weighted by Crippen LogP contribution is -2.49. The van der Waals surface area contributed by atoms with Crippen LogP contribution in [0.2, 0.25) is 0 Å². The standard InChI is InChI=1S/C24H30BF3N4O5/c1-23(2,32-9-8-24(27,28)15-32)11-17(12-29)21(33)31-13-18(26)19(14-31)37-22(34)30-20(25(35)36)10-16-6-4-3-5-7-16/h3-7,11,18-20,35-36H,8-10,13-15H2,1-2H3,(H,30,34)/t18-,19-,20?/m1/s1. The van der Waals surface area contributed by atoms with Crippen LogP contribution < -0.4 is 5.32 Å². The van der Waals surface area contributed by atoms with E-state index >= 15 is 0 Å². The average molecular weight is 522 g/mol. The molecule has 13 heteroatoms. The van der Waals surface area contributed by atoms with Crippen molar-refractivity contribution in [2.24, 2.45) is 0 Å². The Labute approximate surface area is 213 Å². The average Bonchev–Trinajstić information content (AvgIpc) is 3.39. The number of carbonyl (C=O) groups is 2. The zero-order chi connectivity index (χ0) is 27.4. The highest BCUT2D eigenvalue weighted by Crippen LogP contribution is 2.33. The molecule has 3 atom stereocenters. The third-order valence-electron chi connectivity index (χ3n) is 6.54. The Bertz CT molecular complexity index is 1050. The Hall–Kier alpha value is -3.08. The number of ether oxygens (including phenoxy) is 1. The van der Waals surface area contributed by atoms with Crippen molar-refractivity contribution >= 4 is 19.1 Å². The Kier molecular flexibility index (Phi) is 8.89. The lowest BCUT2D eigenvalue weighted by atomic mass is 9.76. The van der Waals surface area contributed by atoms with Gasteiger partial charge < -0.3 is 25.0 Å². The first-order valence-corrected chi connectivity index (χ1v) is 11.9. The van der Waals surface area contributed by atoms with Gasteiger partial charge in [-0.3, -0.25) is 9.69 Å². The third-order valence-corrected chi connectivity index (χ3v) is 6.54. The third kappa shape index (κ3) is 7.47. The molecule has 1 aromatic rings. The molecule has 200 valence electrons. The molecule has 0 bridgehead atoms. The normalized spacial score (nSPS) is 22.9. The Morgan fingerprint density at radius 2 is 2.00 bits per heavy atom. The van der Waals surface area contributed by atoms with Crippen LogP contribution in [-0.4, -0.2) is 94.8 Å². The van der Waals surface area contributed by atoms with Crippen LogP contribution in [-0.2, 0) is 16.0 Å². The zero-order valence-corrected chi connectivity index (χ0v) is 20.6. The van der Waals surface area contributed by atoms with E-state index in [4.69, 9.17) is 4.74 Å². The van der Waals surface area contributed by atoms with Gasteiger partial charge in [-0.2, -0.15) is 5.26 Å². The zero-order valence-electron chi connectivity index (χ0n) is 20.6. The van der Waals surface area contributed by atoms with Crippen molar-refractivity contribution in [3.05, 3.63) is 47.5 Å². The number of benzene rings is 1. The van der Waals surface area contributed by atoms with Gasteiger partial charge >= 0.3 is 13.2 Å². The molecule has 0 radical (unpaired) electrons. The molecule has 1 unspecified atom stereocenters. The van der Waals surface area contributed by atoms with Crippen LogP contribution >= 0.6 is 0 Å². The molecule has 2 aliphatic rings. The second-order valence-electron chi connectivity index (χ2n) is 9.88. The summed E-state index contributed by atoms with van der Waals surface area (Å²) in [4.78, 5) is 27.8. The number of rotatable bonds is 8. The van der Waals surface area contributed by atoms with Gasteiger partial charge in [-0.05, 0) is 31.9 Å². The maximum atomic E-state index is 14.6. The van der Waals surface area contributed by atoms with Gasteiger partial charge in [0.2, 0.25) is 0 Å². The highest BCUT2D eigenvalue weighted by Gasteiger charge is 2.44. The van der Waals surface area contributed by atoms with Crippen molar-refractivity contribution in [2.45, 2.75) is 56.4 Å². The van der Waals surface area contributed by atoms with Crippen LogP contribution in [0.5, 0.6) is 0 Å². The SMILES string of the molecule is CC(C)(C=C(C#N)C(=O)N1C[C@@H](F)[C@H](OC(=O)NC(Cc2ccccc2)B(O)O)C1)N1CCC(F)(F)C1. The van der Waals surface area contributed by atoms with E-state index in [2.05, 4.69) is 5.32 Å². The molecule has 2 aliphatic heterocycles. The van der Waals surface area contributed by atoms with E-state index in [1.54, 1.807) is 50.2 Å². The molecule has 2 amide bonds. The number of nitrogens with one attached hydrogen (secondary N) is 1. The summed E-state index contributed by atoms with van der Waals surface area (Å²) in [6.07, 6.45) is -3.13. The van der Waals surface area contributed by atoms with E-state index in [-0.39, 0.29) is 31.5 Å². The van der Waals surface area contributed by atoms with Crippen LogP contribution in [0.4, 0.5) is 18.0 Å². The lowest BCUT2D eigenvalue weighted by molar-refractivity contribution is -0.126. The summed E-state index contributed by atoms with van der Waals surface area (Å²) >= 11 is 0. The predicted molar refractivity (Wildman–Crippen MR) is 128 cm³/mol. The van der Waals surface area contributed by atoms with Crippen molar-refractivity contribution in [1.82, 2.24) is 15.1 Å². The maximum absolute atomic E-state index is 14.6. The molecule has 3 rings (SSSR count). The molecule has 0 spiro atoms. The second kappa shape index (κ2) is 11.5. The van der Waals surface area contributed by atoms with Gasteiger partial charge in [-0.15, -0.1) is 0 Å². The highest BCUT2D eigenvalue weighted by molar-refractivity contribution is 6.43. The van der Waals surface area contributed by atoms with Gasteiger partial charge in [0.05, 0.1) is 25.6 Å². The summed E-state index contributed by atoms with van der Waals surface area (Å²) in [7, 11) is -1.90. The summed E-state index contributed by atoms with van der Waals surface area (Å²) in [5.41, 5.74) is -0.633. The number of alkyl halides is 3. The topological polar surface area (TPSA) is 126 Å².